The van der Waals surface area contributed by atoms with E-state index in [0.717, 1.165) is 5.69 Å². The standard InChI is InChI=1S/C11H8Cl3N3/c12-7-2-1-6(3-8(7)13)17-11-9(14)4-16-5-10(11)15/h1-5H,15H2,(H,16,17). The zero-order valence-electron chi connectivity index (χ0n) is 8.55. The van der Waals surface area contributed by atoms with Crippen LogP contribution in [-0.4, -0.2) is 4.98 Å². The van der Waals surface area contributed by atoms with Crippen molar-refractivity contribution in [2.45, 2.75) is 0 Å². The Morgan fingerprint density at radius 3 is 2.41 bits per heavy atom. The highest BCUT2D eigenvalue weighted by Gasteiger charge is 2.06. The lowest BCUT2D eigenvalue weighted by molar-refractivity contribution is 1.33. The first-order valence-electron chi connectivity index (χ1n) is 4.69. The van der Waals surface area contributed by atoms with E-state index in [-0.39, 0.29) is 0 Å². The molecule has 0 fully saturated rings. The van der Waals surface area contributed by atoms with Gasteiger partial charge < -0.3 is 11.1 Å². The van der Waals surface area contributed by atoms with Gasteiger partial charge in [0.1, 0.15) is 0 Å². The molecule has 1 aromatic carbocycles. The van der Waals surface area contributed by atoms with Crippen molar-refractivity contribution in [2.75, 3.05) is 11.1 Å². The highest BCUT2D eigenvalue weighted by molar-refractivity contribution is 6.42. The van der Waals surface area contributed by atoms with E-state index in [1.54, 1.807) is 18.2 Å². The smallest absolute Gasteiger partial charge is 0.0845 e. The number of halogens is 3. The SMILES string of the molecule is Nc1cncc(Cl)c1Nc1ccc(Cl)c(Cl)c1. The number of pyridine rings is 1. The maximum atomic E-state index is 5.99. The zero-order valence-corrected chi connectivity index (χ0v) is 10.8. The number of nitrogens with one attached hydrogen (secondary N) is 1. The number of hydrogen-bond acceptors (Lipinski definition) is 3. The molecule has 0 saturated carbocycles. The molecule has 6 heteroatoms. The first-order valence-corrected chi connectivity index (χ1v) is 5.82. The van der Waals surface area contributed by atoms with Crippen LogP contribution < -0.4 is 11.1 Å². The van der Waals surface area contributed by atoms with E-state index < -0.39 is 0 Å². The van der Waals surface area contributed by atoms with Crippen molar-refractivity contribution in [1.29, 1.82) is 0 Å². The molecule has 2 rings (SSSR count). The van der Waals surface area contributed by atoms with Gasteiger partial charge in [0.2, 0.25) is 0 Å². The molecular formula is C11H8Cl3N3. The summed E-state index contributed by atoms with van der Waals surface area (Å²) in [6, 6.07) is 5.17. The summed E-state index contributed by atoms with van der Waals surface area (Å²) in [4.78, 5) is 3.87. The molecule has 17 heavy (non-hydrogen) atoms. The molecule has 0 aliphatic rings. The summed E-state index contributed by atoms with van der Waals surface area (Å²) in [6.45, 7) is 0. The van der Waals surface area contributed by atoms with Crippen molar-refractivity contribution in [1.82, 2.24) is 4.98 Å². The molecular weight excluding hydrogens is 281 g/mol. The van der Waals surface area contributed by atoms with Crippen molar-refractivity contribution >= 4 is 51.9 Å². The van der Waals surface area contributed by atoms with Gasteiger partial charge in [-0.15, -0.1) is 0 Å². The summed E-state index contributed by atoms with van der Waals surface area (Å²) in [6.07, 6.45) is 3.03. The maximum absolute atomic E-state index is 5.99. The second-order valence-electron chi connectivity index (χ2n) is 3.34. The van der Waals surface area contributed by atoms with E-state index >= 15 is 0 Å². The van der Waals surface area contributed by atoms with Crippen molar-refractivity contribution in [3.8, 4) is 0 Å². The number of aromatic nitrogens is 1. The normalized spacial score (nSPS) is 10.3. The molecule has 0 aliphatic heterocycles. The Kier molecular flexibility index (Phi) is 3.62. The minimum Gasteiger partial charge on any atom is -0.396 e. The molecule has 3 N–H and O–H groups in total. The second-order valence-corrected chi connectivity index (χ2v) is 4.56. The fraction of sp³-hybridized carbons (Fsp3) is 0. The Balaban J connectivity index is 2.35. The minimum absolute atomic E-state index is 0.441. The molecule has 0 bridgehead atoms. The molecule has 0 radical (unpaired) electrons. The number of anilines is 3. The summed E-state index contributed by atoms with van der Waals surface area (Å²) in [5, 5.41) is 4.46. The molecule has 0 saturated heterocycles. The molecule has 0 aliphatic carbocycles. The summed E-state index contributed by atoms with van der Waals surface area (Å²) in [5.41, 5.74) is 7.58. The van der Waals surface area contributed by atoms with Gasteiger partial charge in [-0.3, -0.25) is 4.98 Å². The van der Waals surface area contributed by atoms with Gasteiger partial charge >= 0.3 is 0 Å². The first kappa shape index (κ1) is 12.3. The highest BCUT2D eigenvalue weighted by atomic mass is 35.5. The van der Waals surface area contributed by atoms with Crippen LogP contribution in [0.3, 0.4) is 0 Å². The minimum atomic E-state index is 0.441. The van der Waals surface area contributed by atoms with Gasteiger partial charge in [0.25, 0.3) is 0 Å². The zero-order chi connectivity index (χ0) is 12.4. The molecule has 0 spiro atoms. The first-order chi connectivity index (χ1) is 8.08. The maximum Gasteiger partial charge on any atom is 0.0845 e. The van der Waals surface area contributed by atoms with Crippen LogP contribution >= 0.6 is 34.8 Å². The molecule has 88 valence electrons. The predicted octanol–water partition coefficient (Wildman–Crippen LogP) is 4.37. The van der Waals surface area contributed by atoms with Crippen LogP contribution in [0.15, 0.2) is 30.6 Å². The number of nitrogen functional groups attached to an aromatic ring is 1. The van der Waals surface area contributed by atoms with E-state index in [4.69, 9.17) is 40.5 Å². The molecule has 1 aromatic heterocycles. The molecule has 0 unspecified atom stereocenters. The fourth-order valence-electron chi connectivity index (χ4n) is 1.30. The van der Waals surface area contributed by atoms with Crippen molar-refractivity contribution < 1.29 is 0 Å². The Labute approximate surface area is 114 Å². The predicted molar refractivity (Wildman–Crippen MR) is 73.4 cm³/mol. The van der Waals surface area contributed by atoms with Crippen LogP contribution in [-0.2, 0) is 0 Å². The fourth-order valence-corrected chi connectivity index (χ4v) is 1.81. The molecule has 0 amide bonds. The van der Waals surface area contributed by atoms with Gasteiger partial charge in [0.05, 0.1) is 32.6 Å². The lowest BCUT2D eigenvalue weighted by Gasteiger charge is -2.11. The third-order valence-corrected chi connectivity index (χ3v) is 3.14. The van der Waals surface area contributed by atoms with Gasteiger partial charge in [-0.2, -0.15) is 0 Å². The van der Waals surface area contributed by atoms with E-state index in [1.807, 2.05) is 0 Å². The third kappa shape index (κ3) is 2.75. The lowest BCUT2D eigenvalue weighted by Crippen LogP contribution is -1.98. The summed E-state index contributed by atoms with van der Waals surface area (Å²) in [5.74, 6) is 0. The van der Waals surface area contributed by atoms with Crippen molar-refractivity contribution in [3.63, 3.8) is 0 Å². The Bertz CT molecular complexity index is 537. The van der Waals surface area contributed by atoms with E-state index in [9.17, 15) is 0 Å². The van der Waals surface area contributed by atoms with Crippen LogP contribution in [0, 0.1) is 0 Å². The second kappa shape index (κ2) is 5.00. The van der Waals surface area contributed by atoms with Gasteiger partial charge in [-0.25, -0.2) is 0 Å². The quantitative estimate of drug-likeness (QED) is 0.863. The van der Waals surface area contributed by atoms with Gasteiger partial charge in [-0.05, 0) is 18.2 Å². The number of benzene rings is 1. The number of hydrogen-bond donors (Lipinski definition) is 2. The topological polar surface area (TPSA) is 50.9 Å². The highest BCUT2D eigenvalue weighted by Crippen LogP contribution is 2.32. The lowest BCUT2D eigenvalue weighted by atomic mass is 10.3. The Hall–Kier alpha value is -1.16. The molecule has 0 atom stereocenters. The summed E-state index contributed by atoms with van der Waals surface area (Å²) in [7, 11) is 0. The van der Waals surface area contributed by atoms with E-state index in [1.165, 1.54) is 12.4 Å². The van der Waals surface area contributed by atoms with E-state index in [0.29, 0.717) is 26.4 Å². The van der Waals surface area contributed by atoms with Crippen LogP contribution in [0.1, 0.15) is 0 Å². The van der Waals surface area contributed by atoms with Crippen LogP contribution in [0.25, 0.3) is 0 Å². The molecule has 1 heterocycles. The van der Waals surface area contributed by atoms with Crippen molar-refractivity contribution in [3.05, 3.63) is 45.7 Å². The molecule has 2 aromatic rings. The molecule has 3 nitrogen and oxygen atoms in total. The van der Waals surface area contributed by atoms with Gasteiger partial charge in [-0.1, -0.05) is 34.8 Å². The van der Waals surface area contributed by atoms with Crippen molar-refractivity contribution in [2.24, 2.45) is 0 Å². The Morgan fingerprint density at radius 1 is 1.00 bits per heavy atom. The Morgan fingerprint density at radius 2 is 1.76 bits per heavy atom. The third-order valence-electron chi connectivity index (χ3n) is 2.12. The largest absolute Gasteiger partial charge is 0.396 e. The average molecular weight is 289 g/mol. The van der Waals surface area contributed by atoms with E-state index in [2.05, 4.69) is 10.3 Å². The number of rotatable bonds is 2. The average Bonchev–Trinajstić information content (AvgIpc) is 2.28. The number of nitrogens with two attached hydrogens (primary N) is 1. The van der Waals surface area contributed by atoms with Gasteiger partial charge in [0, 0.05) is 11.9 Å². The van der Waals surface area contributed by atoms with Crippen LogP contribution in [0.5, 0.6) is 0 Å². The number of nitrogens with zero attached hydrogens (tertiary/aromatic N) is 1. The van der Waals surface area contributed by atoms with Crippen LogP contribution in [0.2, 0.25) is 15.1 Å². The monoisotopic (exact) mass is 287 g/mol. The van der Waals surface area contributed by atoms with Gasteiger partial charge in [0.15, 0.2) is 0 Å². The summed E-state index contributed by atoms with van der Waals surface area (Å²) < 4.78 is 0. The summed E-state index contributed by atoms with van der Waals surface area (Å²) >= 11 is 17.7. The van der Waals surface area contributed by atoms with Crippen LogP contribution in [0.4, 0.5) is 17.1 Å².